The number of halogens is 2. The molecule has 5 rings (SSSR count). The number of carbonyl (C=O) groups excluding carboxylic acids is 3. The number of rotatable bonds is 5. The highest BCUT2D eigenvalue weighted by atomic mass is 35.5. The van der Waals surface area contributed by atoms with Gasteiger partial charge in [0.25, 0.3) is 0 Å². The van der Waals surface area contributed by atoms with E-state index in [0.29, 0.717) is 15.7 Å². The minimum Gasteiger partial charge on any atom is -0.324 e. The van der Waals surface area contributed by atoms with Gasteiger partial charge in [0.2, 0.25) is 17.7 Å². The van der Waals surface area contributed by atoms with Crippen molar-refractivity contribution in [3.8, 4) is 0 Å². The molecule has 3 aliphatic rings. The molecule has 3 fully saturated rings. The highest BCUT2D eigenvalue weighted by Crippen LogP contribution is 2.56. The second-order valence-electron chi connectivity index (χ2n) is 8.75. The molecule has 31 heavy (non-hydrogen) atoms. The highest BCUT2D eigenvalue weighted by molar-refractivity contribution is 6.42. The quantitative estimate of drug-likeness (QED) is 0.669. The Morgan fingerprint density at radius 2 is 1.61 bits per heavy atom. The van der Waals surface area contributed by atoms with E-state index in [9.17, 15) is 14.4 Å². The summed E-state index contributed by atoms with van der Waals surface area (Å²) in [5.41, 5.74) is 1.36. The summed E-state index contributed by atoms with van der Waals surface area (Å²) in [6.45, 7) is 0. The summed E-state index contributed by atoms with van der Waals surface area (Å²) in [7, 11) is 0. The van der Waals surface area contributed by atoms with Crippen LogP contribution in [-0.2, 0) is 20.8 Å². The molecular weight excluding hydrogens is 435 g/mol. The van der Waals surface area contributed by atoms with Crippen LogP contribution in [0.2, 0.25) is 10.0 Å². The third-order valence-corrected chi connectivity index (χ3v) is 7.77. The van der Waals surface area contributed by atoms with Gasteiger partial charge in [-0.3, -0.25) is 19.3 Å². The lowest BCUT2D eigenvalue weighted by molar-refractivity contribution is -0.147. The molecule has 2 aromatic carbocycles. The molecule has 1 aliphatic heterocycles. The van der Waals surface area contributed by atoms with Gasteiger partial charge in [-0.2, -0.15) is 0 Å². The molecule has 2 aliphatic carbocycles. The van der Waals surface area contributed by atoms with Gasteiger partial charge in [-0.1, -0.05) is 53.5 Å². The second kappa shape index (κ2) is 7.95. The number of anilines is 1. The van der Waals surface area contributed by atoms with Crippen LogP contribution in [0.3, 0.4) is 0 Å². The Balaban J connectivity index is 1.45. The Kier molecular flexibility index (Phi) is 5.27. The van der Waals surface area contributed by atoms with E-state index in [4.69, 9.17) is 23.2 Å². The molecule has 0 aromatic heterocycles. The minimum atomic E-state index is -0.915. The summed E-state index contributed by atoms with van der Waals surface area (Å²) in [6, 6.07) is 13.3. The topological polar surface area (TPSA) is 66.5 Å². The van der Waals surface area contributed by atoms with Crippen LogP contribution >= 0.6 is 23.2 Å². The van der Waals surface area contributed by atoms with Gasteiger partial charge in [0.1, 0.15) is 6.04 Å². The number of imide groups is 1. The van der Waals surface area contributed by atoms with Crippen LogP contribution in [0, 0.1) is 23.7 Å². The molecule has 0 unspecified atom stereocenters. The predicted molar refractivity (Wildman–Crippen MR) is 119 cm³/mol. The maximum absolute atomic E-state index is 13.4. The van der Waals surface area contributed by atoms with Crippen LogP contribution in [0.1, 0.15) is 24.8 Å². The molecule has 160 valence electrons. The summed E-state index contributed by atoms with van der Waals surface area (Å²) >= 11 is 12.1. The summed E-state index contributed by atoms with van der Waals surface area (Å²) in [6.07, 6.45) is 3.22. The van der Waals surface area contributed by atoms with E-state index in [0.717, 1.165) is 24.8 Å². The molecule has 3 amide bonds. The predicted octanol–water partition coefficient (Wildman–Crippen LogP) is 4.57. The minimum absolute atomic E-state index is 0.188. The van der Waals surface area contributed by atoms with Crippen LogP contribution < -0.4 is 5.32 Å². The monoisotopic (exact) mass is 456 g/mol. The van der Waals surface area contributed by atoms with Gasteiger partial charge in [0.05, 0.1) is 21.9 Å². The van der Waals surface area contributed by atoms with Gasteiger partial charge >= 0.3 is 0 Å². The van der Waals surface area contributed by atoms with Gasteiger partial charge in [-0.25, -0.2) is 0 Å². The molecule has 2 aromatic rings. The van der Waals surface area contributed by atoms with Crippen LogP contribution in [0.5, 0.6) is 0 Å². The van der Waals surface area contributed by atoms with Crippen molar-refractivity contribution in [1.29, 1.82) is 0 Å². The van der Waals surface area contributed by atoms with Crippen molar-refractivity contribution in [2.75, 3.05) is 5.32 Å². The zero-order valence-corrected chi connectivity index (χ0v) is 18.3. The molecule has 2 bridgehead atoms. The van der Waals surface area contributed by atoms with E-state index in [1.54, 1.807) is 18.2 Å². The lowest BCUT2D eigenvalue weighted by Crippen LogP contribution is -2.49. The van der Waals surface area contributed by atoms with Crippen molar-refractivity contribution in [1.82, 2.24) is 4.90 Å². The van der Waals surface area contributed by atoms with E-state index in [1.807, 2.05) is 30.3 Å². The van der Waals surface area contributed by atoms with Crippen molar-refractivity contribution < 1.29 is 14.4 Å². The molecule has 1 saturated heterocycles. The maximum Gasteiger partial charge on any atom is 0.248 e. The van der Waals surface area contributed by atoms with Gasteiger partial charge < -0.3 is 5.32 Å². The average Bonchev–Trinajstić information content (AvgIpc) is 3.44. The zero-order chi connectivity index (χ0) is 21.7. The van der Waals surface area contributed by atoms with Gasteiger partial charge in [0, 0.05) is 12.1 Å². The summed E-state index contributed by atoms with van der Waals surface area (Å²) < 4.78 is 0. The first kappa shape index (κ1) is 20.5. The lowest BCUT2D eigenvalue weighted by Gasteiger charge is -2.27. The fourth-order valence-electron chi connectivity index (χ4n) is 5.68. The van der Waals surface area contributed by atoms with Crippen molar-refractivity contribution >= 4 is 46.6 Å². The summed E-state index contributed by atoms with van der Waals surface area (Å²) in [4.78, 5) is 41.3. The number of nitrogens with zero attached hydrogens (tertiary/aromatic N) is 1. The highest BCUT2D eigenvalue weighted by Gasteiger charge is 2.62. The Morgan fingerprint density at radius 1 is 0.968 bits per heavy atom. The number of fused-ring (bicyclic) bond motifs is 5. The average molecular weight is 457 g/mol. The maximum atomic E-state index is 13.4. The molecule has 1 N–H and O–H groups in total. The molecule has 5 atom stereocenters. The second-order valence-corrected chi connectivity index (χ2v) is 9.57. The molecule has 7 heteroatoms. The van der Waals surface area contributed by atoms with Crippen molar-refractivity contribution in [3.63, 3.8) is 0 Å². The third kappa shape index (κ3) is 3.54. The number of nitrogens with one attached hydrogen (secondary N) is 1. The van der Waals surface area contributed by atoms with E-state index >= 15 is 0 Å². The molecular formula is C24H22Cl2N2O3. The van der Waals surface area contributed by atoms with E-state index in [-0.39, 0.29) is 41.9 Å². The first-order chi connectivity index (χ1) is 14.9. The zero-order valence-electron chi connectivity index (χ0n) is 16.8. The van der Waals surface area contributed by atoms with E-state index in [2.05, 4.69) is 5.32 Å². The SMILES string of the molecule is O=C(Nc1ccc(Cl)c(Cl)c1)[C@H](Cc1ccccc1)N1C(=O)[C@@H]2[C@H]3CC[C@@H](C3)[C@H]2C1=O. The number of benzene rings is 2. The fraction of sp³-hybridized carbons (Fsp3) is 0.375. The molecule has 5 nitrogen and oxygen atoms in total. The van der Waals surface area contributed by atoms with Crippen LogP contribution in [0.4, 0.5) is 5.69 Å². The molecule has 0 spiro atoms. The first-order valence-electron chi connectivity index (χ1n) is 10.6. The number of carbonyl (C=O) groups is 3. The lowest BCUT2D eigenvalue weighted by atomic mass is 9.81. The normalized spacial score (nSPS) is 27.5. The van der Waals surface area contributed by atoms with Crippen LogP contribution in [0.25, 0.3) is 0 Å². The van der Waals surface area contributed by atoms with Crippen molar-refractivity contribution in [2.45, 2.75) is 31.7 Å². The number of hydrogen-bond acceptors (Lipinski definition) is 3. The summed E-state index contributed by atoms with van der Waals surface area (Å²) in [5, 5.41) is 3.53. The number of hydrogen-bond donors (Lipinski definition) is 1. The fourth-order valence-corrected chi connectivity index (χ4v) is 5.98. The Morgan fingerprint density at radius 3 is 2.23 bits per heavy atom. The van der Waals surface area contributed by atoms with Crippen LogP contribution in [-0.4, -0.2) is 28.7 Å². The molecule has 0 radical (unpaired) electrons. The first-order valence-corrected chi connectivity index (χ1v) is 11.4. The van der Waals surface area contributed by atoms with Gasteiger partial charge in [-0.05, 0) is 54.9 Å². The smallest absolute Gasteiger partial charge is 0.248 e. The van der Waals surface area contributed by atoms with Gasteiger partial charge in [-0.15, -0.1) is 0 Å². The Bertz CT molecular complexity index is 1030. The van der Waals surface area contributed by atoms with Crippen LogP contribution in [0.15, 0.2) is 48.5 Å². The van der Waals surface area contributed by atoms with Crippen molar-refractivity contribution in [2.24, 2.45) is 23.7 Å². The molecule has 1 heterocycles. The standard InChI is InChI=1S/C24H22Cl2N2O3/c25-17-9-8-16(12-18(17)26)27-22(29)19(10-13-4-2-1-3-5-13)28-23(30)20-14-6-7-15(11-14)21(20)24(28)31/h1-5,8-9,12,14-15,19-21H,6-7,10-11H2,(H,27,29)/t14-,15-,19-,20+,21+/m0/s1. The number of amides is 3. The van der Waals surface area contributed by atoms with E-state index in [1.165, 1.54) is 4.90 Å². The van der Waals surface area contributed by atoms with Gasteiger partial charge in [0.15, 0.2) is 0 Å². The summed E-state index contributed by atoms with van der Waals surface area (Å²) in [5.74, 6) is -0.764. The Hall–Kier alpha value is -2.37. The third-order valence-electron chi connectivity index (χ3n) is 7.03. The largest absolute Gasteiger partial charge is 0.324 e. The van der Waals surface area contributed by atoms with E-state index < -0.39 is 11.9 Å². The Labute approximate surface area is 190 Å². The van der Waals surface area contributed by atoms with Crippen molar-refractivity contribution in [3.05, 3.63) is 64.1 Å². The molecule has 2 saturated carbocycles. The number of likely N-dealkylation sites (tertiary alicyclic amines) is 1.